The first-order valence-corrected chi connectivity index (χ1v) is 6.41. The molecule has 0 bridgehead atoms. The Bertz CT molecular complexity index is 342. The van der Waals surface area contributed by atoms with Crippen molar-refractivity contribution in [2.75, 3.05) is 13.2 Å². The predicted molar refractivity (Wildman–Crippen MR) is 69.6 cm³/mol. The second-order valence-corrected chi connectivity index (χ2v) is 5.70. The highest BCUT2D eigenvalue weighted by molar-refractivity contribution is 5.31. The van der Waals surface area contributed by atoms with Gasteiger partial charge in [-0.25, -0.2) is 0 Å². The minimum Gasteiger partial charge on any atom is -0.490 e. The van der Waals surface area contributed by atoms with Gasteiger partial charge in [0, 0.05) is 12.8 Å². The van der Waals surface area contributed by atoms with Gasteiger partial charge in [-0.1, -0.05) is 32.9 Å². The van der Waals surface area contributed by atoms with Crippen molar-refractivity contribution in [1.82, 2.24) is 0 Å². The molecule has 0 amide bonds. The second-order valence-electron chi connectivity index (χ2n) is 5.70. The van der Waals surface area contributed by atoms with E-state index >= 15 is 0 Å². The summed E-state index contributed by atoms with van der Waals surface area (Å²) in [5.41, 5.74) is 1.55. The lowest BCUT2D eigenvalue weighted by atomic mass is 9.87. The van der Waals surface area contributed by atoms with Crippen molar-refractivity contribution >= 4 is 0 Å². The minimum atomic E-state index is 0.206. The molecule has 0 atom stereocenters. The van der Waals surface area contributed by atoms with Gasteiger partial charge in [0.05, 0.1) is 13.2 Å². The highest BCUT2D eigenvalue weighted by atomic mass is 16.5. The molecule has 1 heterocycles. The van der Waals surface area contributed by atoms with Gasteiger partial charge < -0.3 is 9.47 Å². The fraction of sp³-hybridized carbons (Fsp3) is 0.600. The van der Waals surface area contributed by atoms with Crippen LogP contribution in [0.25, 0.3) is 0 Å². The monoisotopic (exact) mass is 234 g/mol. The van der Waals surface area contributed by atoms with Gasteiger partial charge in [-0.3, -0.25) is 0 Å². The third-order valence-corrected chi connectivity index (χ3v) is 3.19. The van der Waals surface area contributed by atoms with Crippen LogP contribution in [0.4, 0.5) is 0 Å². The first-order valence-electron chi connectivity index (χ1n) is 6.41. The summed E-state index contributed by atoms with van der Waals surface area (Å²) in [5.74, 6) is 0.977. The third-order valence-electron chi connectivity index (χ3n) is 3.19. The zero-order valence-electron chi connectivity index (χ0n) is 11.0. The molecule has 0 aliphatic carbocycles. The Morgan fingerprint density at radius 3 is 2.18 bits per heavy atom. The summed E-state index contributed by atoms with van der Waals surface area (Å²) in [6, 6.07) is 8.48. The summed E-state index contributed by atoms with van der Waals surface area (Å²) in [5, 5.41) is 0. The van der Waals surface area contributed by atoms with E-state index in [1.54, 1.807) is 0 Å². The topological polar surface area (TPSA) is 18.5 Å². The quantitative estimate of drug-likeness (QED) is 0.779. The largest absolute Gasteiger partial charge is 0.490 e. The van der Waals surface area contributed by atoms with Gasteiger partial charge in [0.2, 0.25) is 0 Å². The Hall–Kier alpha value is -1.02. The van der Waals surface area contributed by atoms with E-state index in [2.05, 4.69) is 45.0 Å². The number of ether oxygens (including phenoxy) is 2. The van der Waals surface area contributed by atoms with E-state index in [4.69, 9.17) is 9.47 Å². The maximum atomic E-state index is 5.94. The molecule has 0 aromatic heterocycles. The van der Waals surface area contributed by atoms with Crippen LogP contribution in [0.2, 0.25) is 0 Å². The molecular weight excluding hydrogens is 212 g/mol. The van der Waals surface area contributed by atoms with Crippen molar-refractivity contribution < 1.29 is 9.47 Å². The van der Waals surface area contributed by atoms with Crippen molar-refractivity contribution in [2.24, 2.45) is 0 Å². The van der Waals surface area contributed by atoms with Gasteiger partial charge in [0.1, 0.15) is 11.9 Å². The Morgan fingerprint density at radius 1 is 1.06 bits per heavy atom. The summed E-state index contributed by atoms with van der Waals surface area (Å²) < 4.78 is 11.3. The Kier molecular flexibility index (Phi) is 3.72. The average molecular weight is 234 g/mol. The molecule has 17 heavy (non-hydrogen) atoms. The van der Waals surface area contributed by atoms with E-state index in [0.29, 0.717) is 6.10 Å². The molecule has 1 fully saturated rings. The molecule has 0 saturated carbocycles. The molecule has 2 rings (SSSR count). The van der Waals surface area contributed by atoms with Crippen LogP contribution in [0.3, 0.4) is 0 Å². The fourth-order valence-corrected chi connectivity index (χ4v) is 2.02. The molecule has 1 aliphatic rings. The van der Waals surface area contributed by atoms with Gasteiger partial charge in [0.25, 0.3) is 0 Å². The van der Waals surface area contributed by atoms with Crippen LogP contribution < -0.4 is 4.74 Å². The molecule has 2 nitrogen and oxygen atoms in total. The van der Waals surface area contributed by atoms with Crippen LogP contribution >= 0.6 is 0 Å². The van der Waals surface area contributed by atoms with Gasteiger partial charge in [0.15, 0.2) is 0 Å². The second kappa shape index (κ2) is 5.09. The van der Waals surface area contributed by atoms with Crippen molar-refractivity contribution in [2.45, 2.75) is 45.1 Å². The van der Waals surface area contributed by atoms with Crippen LogP contribution in [-0.4, -0.2) is 19.3 Å². The Labute approximate surface area is 104 Å². The summed E-state index contributed by atoms with van der Waals surface area (Å²) in [6.07, 6.45) is 2.33. The van der Waals surface area contributed by atoms with E-state index in [9.17, 15) is 0 Å². The van der Waals surface area contributed by atoms with Crippen LogP contribution in [0, 0.1) is 0 Å². The van der Waals surface area contributed by atoms with Gasteiger partial charge in [-0.05, 0) is 23.1 Å². The normalized spacial score (nSPS) is 18.1. The van der Waals surface area contributed by atoms with E-state index in [-0.39, 0.29) is 5.41 Å². The molecular formula is C15H22O2. The van der Waals surface area contributed by atoms with Crippen LogP contribution in [-0.2, 0) is 10.2 Å². The van der Waals surface area contributed by atoms with Crippen molar-refractivity contribution in [3.8, 4) is 5.75 Å². The van der Waals surface area contributed by atoms with Crippen molar-refractivity contribution in [1.29, 1.82) is 0 Å². The lowest BCUT2D eigenvalue weighted by molar-refractivity contribution is 0.0255. The summed E-state index contributed by atoms with van der Waals surface area (Å²) in [4.78, 5) is 0. The smallest absolute Gasteiger partial charge is 0.119 e. The average Bonchev–Trinajstić information content (AvgIpc) is 2.30. The number of hydrogen-bond donors (Lipinski definition) is 0. The van der Waals surface area contributed by atoms with Crippen LogP contribution in [0.5, 0.6) is 5.75 Å². The molecule has 0 radical (unpaired) electrons. The van der Waals surface area contributed by atoms with E-state index < -0.39 is 0 Å². The summed E-state index contributed by atoms with van der Waals surface area (Å²) in [6.45, 7) is 8.32. The standard InChI is InChI=1S/C15H22O2/c1-15(2,3)12-4-6-13(7-5-12)17-14-8-10-16-11-9-14/h4-7,14H,8-11H2,1-3H3. The fourth-order valence-electron chi connectivity index (χ4n) is 2.02. The number of benzene rings is 1. The maximum Gasteiger partial charge on any atom is 0.119 e. The van der Waals surface area contributed by atoms with Gasteiger partial charge in [-0.2, -0.15) is 0 Å². The van der Waals surface area contributed by atoms with Crippen molar-refractivity contribution in [3.05, 3.63) is 29.8 Å². The lowest BCUT2D eigenvalue weighted by Gasteiger charge is -2.24. The SMILES string of the molecule is CC(C)(C)c1ccc(OC2CCOCC2)cc1. The predicted octanol–water partition coefficient (Wildman–Crippen LogP) is 3.54. The van der Waals surface area contributed by atoms with Crippen molar-refractivity contribution in [3.63, 3.8) is 0 Å². The number of hydrogen-bond acceptors (Lipinski definition) is 2. The van der Waals surface area contributed by atoms with Gasteiger partial charge >= 0.3 is 0 Å². The van der Waals surface area contributed by atoms with E-state index in [1.807, 2.05) is 0 Å². The number of rotatable bonds is 2. The molecule has 1 aliphatic heterocycles. The molecule has 1 aromatic carbocycles. The Morgan fingerprint density at radius 2 is 1.65 bits per heavy atom. The molecule has 0 N–H and O–H groups in total. The van der Waals surface area contributed by atoms with E-state index in [1.165, 1.54) is 5.56 Å². The highest BCUT2D eigenvalue weighted by Gasteiger charge is 2.16. The molecule has 1 saturated heterocycles. The highest BCUT2D eigenvalue weighted by Crippen LogP contribution is 2.25. The first kappa shape index (κ1) is 12.4. The van der Waals surface area contributed by atoms with E-state index in [0.717, 1.165) is 31.8 Å². The summed E-state index contributed by atoms with van der Waals surface area (Å²) in [7, 11) is 0. The summed E-state index contributed by atoms with van der Waals surface area (Å²) >= 11 is 0. The third kappa shape index (κ3) is 3.47. The minimum absolute atomic E-state index is 0.206. The maximum absolute atomic E-state index is 5.94. The van der Waals surface area contributed by atoms with Crippen LogP contribution in [0.1, 0.15) is 39.2 Å². The molecule has 2 heteroatoms. The zero-order valence-corrected chi connectivity index (χ0v) is 11.0. The molecule has 0 spiro atoms. The van der Waals surface area contributed by atoms with Crippen LogP contribution in [0.15, 0.2) is 24.3 Å². The molecule has 1 aromatic rings. The first-order chi connectivity index (χ1) is 8.05. The lowest BCUT2D eigenvalue weighted by Crippen LogP contribution is -2.25. The Balaban J connectivity index is 1.98. The zero-order chi connectivity index (χ0) is 12.3. The molecule has 94 valence electrons. The van der Waals surface area contributed by atoms with Gasteiger partial charge in [-0.15, -0.1) is 0 Å². The molecule has 0 unspecified atom stereocenters.